The lowest BCUT2D eigenvalue weighted by molar-refractivity contribution is -0.226. The smallest absolute Gasteiger partial charge is 0.310 e. The monoisotopic (exact) mass is 439 g/mol. The van der Waals surface area contributed by atoms with Gasteiger partial charge < -0.3 is 23.8 Å². The average Bonchev–Trinajstić information content (AvgIpc) is 3.09. The first-order valence-corrected chi connectivity index (χ1v) is 11.3. The third-order valence-electron chi connectivity index (χ3n) is 9.50. The molecule has 6 aliphatic rings. The molecule has 2 spiro atoms. The van der Waals surface area contributed by atoms with Gasteiger partial charge in [-0.25, -0.2) is 0 Å². The van der Waals surface area contributed by atoms with E-state index in [1.54, 1.807) is 7.11 Å². The van der Waals surface area contributed by atoms with Crippen LogP contribution in [0.25, 0.3) is 0 Å². The standard InChI is InChI=1S/C25H29NO6/c1-23-14-8-9-24(19(22(28)31-5)17(14)21(27)30-4)16-12-13-6-7-15(29-3)20(32-23)18(13)25(23,24)10-11-26(16)2/h6-9,14,16-17,19H,10-12H2,1-5H3/t14-,16+,17+,19-,23+,24-,25-/m0/s1. The number of carbonyl (C=O) groups excluding carboxylic acids is 2. The van der Waals surface area contributed by atoms with Crippen LogP contribution >= 0.6 is 0 Å². The molecular formula is C25H29NO6. The second-order valence-corrected chi connectivity index (χ2v) is 10.1. The number of esters is 2. The Kier molecular flexibility index (Phi) is 3.81. The Morgan fingerprint density at radius 1 is 1.16 bits per heavy atom. The molecule has 1 aromatic carbocycles. The van der Waals surface area contributed by atoms with Crippen molar-refractivity contribution >= 4 is 11.9 Å². The van der Waals surface area contributed by atoms with Crippen LogP contribution in [0.5, 0.6) is 11.5 Å². The summed E-state index contributed by atoms with van der Waals surface area (Å²) in [5.41, 5.74) is 0.579. The molecule has 1 saturated carbocycles. The summed E-state index contributed by atoms with van der Waals surface area (Å²) in [6.45, 7) is 3.01. The summed E-state index contributed by atoms with van der Waals surface area (Å²) >= 11 is 0. The van der Waals surface area contributed by atoms with Crippen LogP contribution in [0.15, 0.2) is 24.3 Å². The van der Waals surface area contributed by atoms with Crippen molar-refractivity contribution in [1.82, 2.24) is 4.90 Å². The predicted molar refractivity (Wildman–Crippen MR) is 115 cm³/mol. The molecule has 0 amide bonds. The molecule has 7 heteroatoms. The SMILES string of the molecule is COC(=O)[C@H]1[C@@H](C(=O)OC)[C@@]23C=C[C@@H]1[C@@]1(C)Oc4c(OC)ccc5c4[C@]21CCN(C)[C@@H]3C5. The lowest BCUT2D eigenvalue weighted by atomic mass is 9.32. The van der Waals surface area contributed by atoms with Crippen molar-refractivity contribution in [2.24, 2.45) is 23.2 Å². The number of hydrogen-bond acceptors (Lipinski definition) is 7. The van der Waals surface area contributed by atoms with Crippen LogP contribution in [0.3, 0.4) is 0 Å². The lowest BCUT2D eigenvalue weighted by Gasteiger charge is -2.73. The third kappa shape index (κ3) is 1.80. The first kappa shape index (κ1) is 20.1. The van der Waals surface area contributed by atoms with Gasteiger partial charge in [-0.05, 0) is 45.0 Å². The van der Waals surface area contributed by atoms with Gasteiger partial charge in [0, 0.05) is 22.9 Å². The molecule has 1 saturated heterocycles. The van der Waals surface area contributed by atoms with Gasteiger partial charge in [0.05, 0.1) is 38.6 Å². The summed E-state index contributed by atoms with van der Waals surface area (Å²) < 4.78 is 23.2. The molecule has 7 nitrogen and oxygen atoms in total. The first-order chi connectivity index (χ1) is 15.3. The van der Waals surface area contributed by atoms with Crippen LogP contribution in [-0.4, -0.2) is 63.4 Å². The Hall–Kier alpha value is -2.54. The van der Waals surface area contributed by atoms with Gasteiger partial charge >= 0.3 is 11.9 Å². The van der Waals surface area contributed by atoms with Crippen molar-refractivity contribution in [3.05, 3.63) is 35.4 Å². The maximum Gasteiger partial charge on any atom is 0.310 e. The molecule has 2 heterocycles. The molecule has 2 fully saturated rings. The van der Waals surface area contributed by atoms with E-state index >= 15 is 0 Å². The Morgan fingerprint density at radius 3 is 2.59 bits per heavy atom. The third-order valence-corrected chi connectivity index (χ3v) is 9.50. The second-order valence-electron chi connectivity index (χ2n) is 10.1. The van der Waals surface area contributed by atoms with Gasteiger partial charge in [0.25, 0.3) is 0 Å². The van der Waals surface area contributed by atoms with Gasteiger partial charge in [0.2, 0.25) is 0 Å². The van der Waals surface area contributed by atoms with Crippen molar-refractivity contribution < 1.29 is 28.5 Å². The lowest BCUT2D eigenvalue weighted by Crippen LogP contribution is -2.82. The highest BCUT2D eigenvalue weighted by Crippen LogP contribution is 2.78. The minimum Gasteiger partial charge on any atom is -0.493 e. The number of hydrogen-bond donors (Lipinski definition) is 0. The Morgan fingerprint density at radius 2 is 1.91 bits per heavy atom. The van der Waals surface area contributed by atoms with Crippen molar-refractivity contribution in [3.63, 3.8) is 0 Å². The molecule has 7 rings (SSSR count). The van der Waals surface area contributed by atoms with Crippen molar-refractivity contribution in [2.75, 3.05) is 34.9 Å². The largest absolute Gasteiger partial charge is 0.493 e. The Bertz CT molecular complexity index is 1080. The molecule has 0 N–H and O–H groups in total. The highest BCUT2D eigenvalue weighted by Gasteiger charge is 2.84. The molecular weight excluding hydrogens is 410 g/mol. The van der Waals surface area contributed by atoms with E-state index in [4.69, 9.17) is 18.9 Å². The zero-order chi connectivity index (χ0) is 22.6. The fraction of sp³-hybridized carbons (Fsp3) is 0.600. The minimum absolute atomic E-state index is 0.0276. The van der Waals surface area contributed by atoms with E-state index in [1.807, 2.05) is 6.07 Å². The van der Waals surface area contributed by atoms with Crippen molar-refractivity contribution in [1.29, 1.82) is 0 Å². The van der Waals surface area contributed by atoms with Crippen LogP contribution < -0.4 is 9.47 Å². The van der Waals surface area contributed by atoms with E-state index < -0.39 is 28.3 Å². The quantitative estimate of drug-likeness (QED) is 0.528. The van der Waals surface area contributed by atoms with Crippen molar-refractivity contribution in [3.8, 4) is 11.5 Å². The zero-order valence-electron chi connectivity index (χ0n) is 19.1. The normalized spacial score (nSPS) is 42.2. The molecule has 32 heavy (non-hydrogen) atoms. The van der Waals surface area contributed by atoms with Crippen molar-refractivity contribution in [2.45, 2.75) is 36.8 Å². The van der Waals surface area contributed by atoms with Crippen LogP contribution in [0, 0.1) is 23.2 Å². The van der Waals surface area contributed by atoms with Gasteiger partial charge in [0.1, 0.15) is 5.60 Å². The number of ether oxygens (including phenoxy) is 4. The number of carbonyl (C=O) groups is 2. The second kappa shape index (κ2) is 6.07. The molecule has 170 valence electrons. The highest BCUT2D eigenvalue weighted by atomic mass is 16.5. The van der Waals surface area contributed by atoms with Crippen LogP contribution in [-0.2, 0) is 30.9 Å². The van der Waals surface area contributed by atoms with E-state index in [0.717, 1.165) is 30.7 Å². The fourth-order valence-electron chi connectivity index (χ4n) is 8.45. The number of benzene rings is 1. The summed E-state index contributed by atoms with van der Waals surface area (Å²) in [5.74, 6) is -0.920. The van der Waals surface area contributed by atoms with E-state index in [-0.39, 0.29) is 23.9 Å². The number of methoxy groups -OCH3 is 3. The van der Waals surface area contributed by atoms with Gasteiger partial charge in [-0.3, -0.25) is 9.59 Å². The summed E-state index contributed by atoms with van der Waals surface area (Å²) in [6.07, 6.45) is 5.92. The summed E-state index contributed by atoms with van der Waals surface area (Å²) in [5, 5.41) is 0. The molecule has 0 aromatic heterocycles. The topological polar surface area (TPSA) is 74.3 Å². The predicted octanol–water partition coefficient (Wildman–Crippen LogP) is 2.11. The fourth-order valence-corrected chi connectivity index (χ4v) is 8.45. The maximum absolute atomic E-state index is 13.5. The summed E-state index contributed by atoms with van der Waals surface area (Å²) in [7, 11) is 6.57. The van der Waals surface area contributed by atoms with Gasteiger partial charge in [0.15, 0.2) is 11.5 Å². The summed E-state index contributed by atoms with van der Waals surface area (Å²) in [6, 6.07) is 4.15. The zero-order valence-corrected chi connectivity index (χ0v) is 19.1. The van der Waals surface area contributed by atoms with Gasteiger partial charge in [-0.15, -0.1) is 0 Å². The number of piperidine rings is 1. The van der Waals surface area contributed by atoms with E-state index in [9.17, 15) is 9.59 Å². The van der Waals surface area contributed by atoms with Crippen LogP contribution in [0.2, 0.25) is 0 Å². The number of likely N-dealkylation sites (tertiary alicyclic amines) is 1. The molecule has 0 unspecified atom stereocenters. The Labute approximate surface area is 187 Å². The molecule has 2 aliphatic heterocycles. The number of likely N-dealkylation sites (N-methyl/N-ethyl adjacent to an activating group) is 1. The van der Waals surface area contributed by atoms with Gasteiger partial charge in [-0.1, -0.05) is 18.2 Å². The maximum atomic E-state index is 13.5. The molecule has 7 atom stereocenters. The molecule has 0 radical (unpaired) electrons. The van der Waals surface area contributed by atoms with Gasteiger partial charge in [-0.2, -0.15) is 0 Å². The van der Waals surface area contributed by atoms with E-state index in [1.165, 1.54) is 19.8 Å². The van der Waals surface area contributed by atoms with Crippen LogP contribution in [0.4, 0.5) is 0 Å². The Balaban J connectivity index is 1.74. The van der Waals surface area contributed by atoms with E-state index in [0.29, 0.717) is 5.75 Å². The average molecular weight is 440 g/mol. The molecule has 1 aromatic rings. The molecule has 4 bridgehead atoms. The first-order valence-electron chi connectivity index (χ1n) is 11.3. The van der Waals surface area contributed by atoms with Crippen LogP contribution in [0.1, 0.15) is 24.5 Å². The minimum atomic E-state index is -0.712. The molecule has 4 aliphatic carbocycles. The highest BCUT2D eigenvalue weighted by molar-refractivity contribution is 5.87. The number of nitrogens with zero attached hydrogens (tertiary/aromatic N) is 1. The number of fused-ring (bicyclic) bond motifs is 1. The van der Waals surface area contributed by atoms with E-state index in [2.05, 4.69) is 37.1 Å². The number of rotatable bonds is 3. The summed E-state index contributed by atoms with van der Waals surface area (Å²) in [4.78, 5) is 29.1.